The first kappa shape index (κ1) is 7.55. The zero-order chi connectivity index (χ0) is 8.48. The van der Waals surface area contributed by atoms with Gasteiger partial charge in [0.05, 0.1) is 0 Å². The Hall–Kier alpha value is -1.56. The number of amidine groups is 1. The second-order valence-electron chi connectivity index (χ2n) is 2.14. The molecule has 0 aromatic rings. The molecule has 1 aliphatic rings. The predicted molar refractivity (Wildman–Crippen MR) is 40.0 cm³/mol. The van der Waals surface area contributed by atoms with Crippen molar-refractivity contribution in [1.29, 1.82) is 0 Å². The molecule has 0 aromatic heterocycles. The van der Waals surface area contributed by atoms with Gasteiger partial charge in [0.25, 0.3) is 11.7 Å². The lowest BCUT2D eigenvalue weighted by atomic mass is 10.3. The van der Waals surface area contributed by atoms with E-state index in [0.29, 0.717) is 0 Å². The summed E-state index contributed by atoms with van der Waals surface area (Å²) in [5.74, 6) is -2.19. The minimum absolute atomic E-state index is 0.171. The molecule has 11 heavy (non-hydrogen) atoms. The molecule has 1 amide bonds. The molecule has 0 radical (unpaired) electrons. The first-order chi connectivity index (χ1) is 5.04. The monoisotopic (exact) mass is 155 g/mol. The molecule has 0 aliphatic carbocycles. The van der Waals surface area contributed by atoms with Gasteiger partial charge >= 0.3 is 0 Å². The normalized spacial score (nSPS) is 29.0. The summed E-state index contributed by atoms with van der Waals surface area (Å²) in [4.78, 5) is 14.3. The quantitative estimate of drug-likeness (QED) is 0.336. The van der Waals surface area contributed by atoms with E-state index in [1.807, 2.05) is 0 Å². The Morgan fingerprint density at radius 1 is 1.73 bits per heavy atom. The highest BCUT2D eigenvalue weighted by Crippen LogP contribution is 2.00. The topological polar surface area (TPSA) is 120 Å². The highest BCUT2D eigenvalue weighted by molar-refractivity contribution is 5.96. The van der Waals surface area contributed by atoms with Gasteiger partial charge in [-0.05, 0) is 6.08 Å². The average Bonchev–Trinajstić information content (AvgIpc) is 1.86. The Bertz CT molecular complexity index is 245. The number of amides is 1. The Morgan fingerprint density at radius 3 is 2.73 bits per heavy atom. The van der Waals surface area contributed by atoms with Crippen molar-refractivity contribution in [1.82, 2.24) is 5.32 Å². The summed E-state index contributed by atoms with van der Waals surface area (Å²) in [5.41, 5.74) is 15.6. The van der Waals surface area contributed by atoms with Gasteiger partial charge in [-0.15, -0.1) is 0 Å². The van der Waals surface area contributed by atoms with E-state index in [4.69, 9.17) is 17.2 Å². The van der Waals surface area contributed by atoms with Crippen molar-refractivity contribution in [3.8, 4) is 0 Å². The van der Waals surface area contributed by atoms with Crippen LogP contribution < -0.4 is 22.5 Å². The Balaban J connectivity index is 2.92. The van der Waals surface area contributed by atoms with E-state index in [1.54, 1.807) is 0 Å². The third kappa shape index (κ3) is 1.30. The first-order valence-electron chi connectivity index (χ1n) is 2.93. The highest BCUT2D eigenvalue weighted by atomic mass is 16.2. The van der Waals surface area contributed by atoms with Crippen LogP contribution in [0.5, 0.6) is 0 Å². The van der Waals surface area contributed by atoms with Crippen molar-refractivity contribution >= 4 is 11.7 Å². The summed E-state index contributed by atoms with van der Waals surface area (Å²) in [6.07, 6.45) is 2.90. The Kier molecular flexibility index (Phi) is 1.54. The van der Waals surface area contributed by atoms with Gasteiger partial charge in [0.1, 0.15) is 5.84 Å². The zero-order valence-corrected chi connectivity index (χ0v) is 5.74. The molecule has 1 rings (SSSR count). The second-order valence-corrected chi connectivity index (χ2v) is 2.14. The molecule has 6 nitrogen and oxygen atoms in total. The molecule has 0 saturated carbocycles. The van der Waals surface area contributed by atoms with Crippen molar-refractivity contribution in [3.05, 3.63) is 12.3 Å². The summed E-state index contributed by atoms with van der Waals surface area (Å²) < 4.78 is 0. The fourth-order valence-corrected chi connectivity index (χ4v) is 0.653. The lowest BCUT2D eigenvalue weighted by Crippen LogP contribution is -2.61. The molecule has 7 N–H and O–H groups in total. The number of nitrogens with zero attached hydrogens (tertiary/aromatic N) is 1. The molecular weight excluding hydrogens is 146 g/mol. The van der Waals surface area contributed by atoms with Gasteiger partial charge in [-0.3, -0.25) is 10.5 Å². The molecule has 0 saturated heterocycles. The molecule has 1 aliphatic heterocycles. The molecule has 0 bridgehead atoms. The fraction of sp³-hybridized carbons (Fsp3) is 0.200. The van der Waals surface area contributed by atoms with Gasteiger partial charge in [-0.2, -0.15) is 0 Å². The number of hydrogen-bond acceptors (Lipinski definition) is 5. The van der Waals surface area contributed by atoms with E-state index >= 15 is 0 Å². The van der Waals surface area contributed by atoms with E-state index in [-0.39, 0.29) is 5.84 Å². The molecule has 1 heterocycles. The lowest BCUT2D eigenvalue weighted by molar-refractivity contribution is -0.123. The van der Waals surface area contributed by atoms with Gasteiger partial charge < -0.3 is 16.8 Å². The second kappa shape index (κ2) is 2.24. The summed E-state index contributed by atoms with van der Waals surface area (Å²) in [6.45, 7) is 0. The molecule has 6 heteroatoms. The summed E-state index contributed by atoms with van der Waals surface area (Å²) in [6, 6.07) is 0. The van der Waals surface area contributed by atoms with Crippen molar-refractivity contribution in [2.75, 3.05) is 0 Å². The van der Waals surface area contributed by atoms with Gasteiger partial charge in [0.2, 0.25) is 0 Å². The molecule has 1 atom stereocenters. The van der Waals surface area contributed by atoms with Crippen LogP contribution in [0.2, 0.25) is 0 Å². The number of primary amides is 1. The van der Waals surface area contributed by atoms with Crippen LogP contribution in [0.4, 0.5) is 0 Å². The van der Waals surface area contributed by atoms with Crippen LogP contribution in [0.3, 0.4) is 0 Å². The maximum atomic E-state index is 10.7. The molecule has 0 fully saturated rings. The van der Waals surface area contributed by atoms with Crippen molar-refractivity contribution < 1.29 is 4.79 Å². The number of carbonyl (C=O) groups excluding carboxylic acids is 1. The van der Waals surface area contributed by atoms with Gasteiger partial charge in [-0.1, -0.05) is 0 Å². The van der Waals surface area contributed by atoms with E-state index in [0.717, 1.165) is 0 Å². The maximum absolute atomic E-state index is 10.7. The molecular formula is C5H9N5O. The van der Waals surface area contributed by atoms with E-state index in [1.165, 1.54) is 12.3 Å². The minimum Gasteiger partial charge on any atom is -0.384 e. The van der Waals surface area contributed by atoms with E-state index in [9.17, 15) is 4.79 Å². The number of nitrogens with two attached hydrogens (primary N) is 3. The Morgan fingerprint density at radius 2 is 2.36 bits per heavy atom. The van der Waals surface area contributed by atoms with Gasteiger partial charge in [0.15, 0.2) is 0 Å². The smallest absolute Gasteiger partial charge is 0.281 e. The lowest BCUT2D eigenvalue weighted by Gasteiger charge is -2.24. The van der Waals surface area contributed by atoms with Crippen LogP contribution in [-0.4, -0.2) is 17.5 Å². The third-order valence-corrected chi connectivity index (χ3v) is 1.24. The first-order valence-corrected chi connectivity index (χ1v) is 2.93. The van der Waals surface area contributed by atoms with Crippen LogP contribution in [0.25, 0.3) is 0 Å². The predicted octanol–water partition coefficient (Wildman–Crippen LogP) is -2.44. The van der Waals surface area contributed by atoms with Crippen LogP contribution in [-0.2, 0) is 4.79 Å². The SMILES string of the molecule is NC(=O)C1(N)N=C(N)C=CN1. The standard InChI is InChI=1S/C5H9N5O/c6-3-1-2-9-5(8,10-3)4(7)11/h1-2,9H,8H2,(H2,6,10)(H2,7,11). The number of rotatable bonds is 1. The minimum atomic E-state index is -1.58. The van der Waals surface area contributed by atoms with Crippen LogP contribution >= 0.6 is 0 Å². The fourth-order valence-electron chi connectivity index (χ4n) is 0.653. The van der Waals surface area contributed by atoms with Gasteiger partial charge in [-0.25, -0.2) is 4.99 Å². The number of nitrogens with one attached hydrogen (secondary N) is 1. The molecule has 1 unspecified atom stereocenters. The molecule has 0 spiro atoms. The van der Waals surface area contributed by atoms with Gasteiger partial charge in [0, 0.05) is 6.20 Å². The van der Waals surface area contributed by atoms with Crippen molar-refractivity contribution in [3.63, 3.8) is 0 Å². The van der Waals surface area contributed by atoms with Crippen LogP contribution in [0.1, 0.15) is 0 Å². The van der Waals surface area contributed by atoms with Crippen molar-refractivity contribution in [2.24, 2.45) is 22.2 Å². The summed E-state index contributed by atoms with van der Waals surface area (Å²) >= 11 is 0. The maximum Gasteiger partial charge on any atom is 0.281 e. The van der Waals surface area contributed by atoms with E-state index < -0.39 is 11.7 Å². The van der Waals surface area contributed by atoms with E-state index in [2.05, 4.69) is 10.3 Å². The number of hydrogen-bond donors (Lipinski definition) is 4. The third-order valence-electron chi connectivity index (χ3n) is 1.24. The average molecular weight is 155 g/mol. The zero-order valence-electron chi connectivity index (χ0n) is 5.74. The number of carbonyl (C=O) groups is 1. The summed E-state index contributed by atoms with van der Waals surface area (Å²) in [7, 11) is 0. The van der Waals surface area contributed by atoms with Crippen LogP contribution in [0, 0.1) is 0 Å². The number of aliphatic imine (C=N–C) groups is 1. The highest BCUT2D eigenvalue weighted by Gasteiger charge is 2.31. The molecule has 60 valence electrons. The van der Waals surface area contributed by atoms with Crippen molar-refractivity contribution in [2.45, 2.75) is 5.79 Å². The van der Waals surface area contributed by atoms with Crippen LogP contribution in [0.15, 0.2) is 17.3 Å². The molecule has 0 aromatic carbocycles. The Labute approximate surface area is 63.1 Å². The largest absolute Gasteiger partial charge is 0.384 e. The summed E-state index contributed by atoms with van der Waals surface area (Å²) in [5, 5.41) is 2.48.